The van der Waals surface area contributed by atoms with Crippen LogP contribution in [0.25, 0.3) is 0 Å². The van der Waals surface area contributed by atoms with Crippen molar-refractivity contribution in [1.82, 2.24) is 5.32 Å². The van der Waals surface area contributed by atoms with E-state index in [0.29, 0.717) is 5.75 Å². The Bertz CT molecular complexity index is 486. The van der Waals surface area contributed by atoms with Gasteiger partial charge in [-0.3, -0.25) is 4.79 Å². The molecular formula is C14H19NO5. The van der Waals surface area contributed by atoms with E-state index in [2.05, 4.69) is 5.32 Å². The standard InChI is InChI=1S/C14H19NO5/c1-9-3-4-11(7-10(9)2)20-8-13(17)15-12(5-6-16)14(18)19/h3-4,7,12,16H,5-6,8H2,1-2H3,(H,15,17)(H,18,19)/t12-/m0/s1. The minimum absolute atomic E-state index is 0.0370. The quantitative estimate of drug-likeness (QED) is 0.681. The molecule has 0 aliphatic rings. The Hall–Kier alpha value is -2.08. The van der Waals surface area contributed by atoms with Gasteiger partial charge < -0.3 is 20.3 Å². The molecule has 1 amide bonds. The van der Waals surface area contributed by atoms with Crippen LogP contribution in [0.15, 0.2) is 18.2 Å². The number of carbonyl (C=O) groups is 2. The van der Waals surface area contributed by atoms with Crippen LogP contribution in [0.5, 0.6) is 5.75 Å². The highest BCUT2D eigenvalue weighted by Gasteiger charge is 2.19. The Morgan fingerprint density at radius 2 is 2.00 bits per heavy atom. The summed E-state index contributed by atoms with van der Waals surface area (Å²) in [6.45, 7) is 3.33. The van der Waals surface area contributed by atoms with Gasteiger partial charge in [-0.1, -0.05) is 6.07 Å². The van der Waals surface area contributed by atoms with Gasteiger partial charge in [0.05, 0.1) is 0 Å². The van der Waals surface area contributed by atoms with Gasteiger partial charge in [-0.2, -0.15) is 0 Å². The van der Waals surface area contributed by atoms with Crippen LogP contribution in [0, 0.1) is 13.8 Å². The number of carboxylic acid groups (broad SMARTS) is 1. The van der Waals surface area contributed by atoms with Crippen molar-refractivity contribution in [2.45, 2.75) is 26.3 Å². The average Bonchev–Trinajstić information content (AvgIpc) is 2.39. The topological polar surface area (TPSA) is 95.9 Å². The van der Waals surface area contributed by atoms with E-state index in [9.17, 15) is 9.59 Å². The zero-order valence-electron chi connectivity index (χ0n) is 11.5. The molecular weight excluding hydrogens is 262 g/mol. The predicted octanol–water partition coefficient (Wildman–Crippen LogP) is 0.634. The summed E-state index contributed by atoms with van der Waals surface area (Å²) < 4.78 is 5.29. The van der Waals surface area contributed by atoms with E-state index >= 15 is 0 Å². The molecule has 1 rings (SSSR count). The maximum Gasteiger partial charge on any atom is 0.326 e. The maximum atomic E-state index is 11.6. The van der Waals surface area contributed by atoms with E-state index in [1.54, 1.807) is 6.07 Å². The SMILES string of the molecule is Cc1ccc(OCC(=O)N[C@@H](CCO)C(=O)O)cc1C. The van der Waals surface area contributed by atoms with Crippen LogP contribution >= 0.6 is 0 Å². The van der Waals surface area contributed by atoms with E-state index in [4.69, 9.17) is 14.9 Å². The number of ether oxygens (including phenoxy) is 1. The summed E-state index contributed by atoms with van der Waals surface area (Å²) in [7, 11) is 0. The number of hydrogen-bond acceptors (Lipinski definition) is 4. The molecule has 3 N–H and O–H groups in total. The lowest BCUT2D eigenvalue weighted by atomic mass is 10.1. The van der Waals surface area contributed by atoms with Crippen LogP contribution in [0.2, 0.25) is 0 Å². The number of hydrogen-bond donors (Lipinski definition) is 3. The first kappa shape index (κ1) is 16.0. The number of benzene rings is 1. The summed E-state index contributed by atoms with van der Waals surface area (Å²) >= 11 is 0. The Kier molecular flexibility index (Phi) is 5.99. The highest BCUT2D eigenvalue weighted by Crippen LogP contribution is 2.16. The van der Waals surface area contributed by atoms with Gasteiger partial charge in [0.25, 0.3) is 5.91 Å². The second-order valence-corrected chi connectivity index (χ2v) is 4.51. The first-order chi connectivity index (χ1) is 9.43. The Labute approximate surface area is 117 Å². The number of amides is 1. The van der Waals surface area contributed by atoms with Gasteiger partial charge in [0, 0.05) is 13.0 Å². The first-order valence-corrected chi connectivity index (χ1v) is 6.27. The number of rotatable bonds is 7. The minimum Gasteiger partial charge on any atom is -0.484 e. The highest BCUT2D eigenvalue weighted by molar-refractivity contribution is 5.84. The van der Waals surface area contributed by atoms with Crippen molar-refractivity contribution in [1.29, 1.82) is 0 Å². The van der Waals surface area contributed by atoms with Gasteiger partial charge in [-0.25, -0.2) is 4.79 Å². The number of carboxylic acids is 1. The molecule has 0 unspecified atom stereocenters. The second kappa shape index (κ2) is 7.49. The lowest BCUT2D eigenvalue weighted by molar-refractivity contribution is -0.142. The minimum atomic E-state index is -1.18. The summed E-state index contributed by atoms with van der Waals surface area (Å²) in [5.74, 6) is -1.17. The monoisotopic (exact) mass is 281 g/mol. The molecule has 0 aliphatic carbocycles. The Morgan fingerprint density at radius 1 is 1.30 bits per heavy atom. The summed E-state index contributed by atoms with van der Waals surface area (Å²) in [4.78, 5) is 22.4. The smallest absolute Gasteiger partial charge is 0.326 e. The molecule has 0 saturated carbocycles. The third kappa shape index (κ3) is 4.89. The zero-order valence-corrected chi connectivity index (χ0v) is 11.5. The maximum absolute atomic E-state index is 11.6. The molecule has 1 aromatic rings. The lowest BCUT2D eigenvalue weighted by Crippen LogP contribution is -2.43. The fourth-order valence-electron chi connectivity index (χ4n) is 1.58. The molecule has 0 bridgehead atoms. The van der Waals surface area contributed by atoms with Gasteiger partial charge in [-0.05, 0) is 37.1 Å². The number of aliphatic hydroxyl groups is 1. The summed E-state index contributed by atoms with van der Waals surface area (Å²) in [6, 6.07) is 4.34. The number of aliphatic carboxylic acids is 1. The number of nitrogens with one attached hydrogen (secondary N) is 1. The predicted molar refractivity (Wildman–Crippen MR) is 72.7 cm³/mol. The molecule has 6 heteroatoms. The molecule has 0 radical (unpaired) electrons. The van der Waals surface area contributed by atoms with Gasteiger partial charge in [0.2, 0.25) is 0 Å². The fourth-order valence-corrected chi connectivity index (χ4v) is 1.58. The van der Waals surface area contributed by atoms with Crippen molar-refractivity contribution < 1.29 is 24.5 Å². The molecule has 0 spiro atoms. The first-order valence-electron chi connectivity index (χ1n) is 6.27. The number of aliphatic hydroxyl groups excluding tert-OH is 1. The second-order valence-electron chi connectivity index (χ2n) is 4.51. The van der Waals surface area contributed by atoms with Crippen molar-refractivity contribution in [3.8, 4) is 5.75 Å². The summed E-state index contributed by atoms with van der Waals surface area (Å²) in [6.07, 6.45) is -0.0370. The van der Waals surface area contributed by atoms with Crippen LogP contribution in [-0.4, -0.2) is 41.3 Å². The van der Waals surface area contributed by atoms with Gasteiger partial charge >= 0.3 is 5.97 Å². The van der Waals surface area contributed by atoms with Crippen molar-refractivity contribution in [3.63, 3.8) is 0 Å². The normalized spacial score (nSPS) is 11.8. The van der Waals surface area contributed by atoms with Crippen LogP contribution < -0.4 is 10.1 Å². The molecule has 0 aromatic heterocycles. The van der Waals surface area contributed by atoms with Crippen LogP contribution in [0.4, 0.5) is 0 Å². The third-order valence-electron chi connectivity index (χ3n) is 2.90. The molecule has 0 aliphatic heterocycles. The Morgan fingerprint density at radius 3 is 2.55 bits per heavy atom. The molecule has 110 valence electrons. The van der Waals surface area contributed by atoms with Crippen molar-refractivity contribution in [3.05, 3.63) is 29.3 Å². The molecule has 20 heavy (non-hydrogen) atoms. The van der Waals surface area contributed by atoms with E-state index < -0.39 is 17.9 Å². The van der Waals surface area contributed by atoms with Gasteiger partial charge in [-0.15, -0.1) is 0 Å². The van der Waals surface area contributed by atoms with Gasteiger partial charge in [0.1, 0.15) is 11.8 Å². The number of carbonyl (C=O) groups excluding carboxylic acids is 1. The van der Waals surface area contributed by atoms with Crippen LogP contribution in [0.1, 0.15) is 17.5 Å². The van der Waals surface area contributed by atoms with Crippen LogP contribution in [-0.2, 0) is 9.59 Å². The highest BCUT2D eigenvalue weighted by atomic mass is 16.5. The lowest BCUT2D eigenvalue weighted by Gasteiger charge is -2.14. The third-order valence-corrected chi connectivity index (χ3v) is 2.90. The Balaban J connectivity index is 2.50. The van der Waals surface area contributed by atoms with Crippen LogP contribution in [0.3, 0.4) is 0 Å². The molecule has 0 fully saturated rings. The zero-order chi connectivity index (χ0) is 15.1. The average molecular weight is 281 g/mol. The molecule has 0 heterocycles. The molecule has 0 saturated heterocycles. The van der Waals surface area contributed by atoms with E-state index in [1.807, 2.05) is 26.0 Å². The molecule has 1 aromatic carbocycles. The van der Waals surface area contributed by atoms with Crippen molar-refractivity contribution in [2.24, 2.45) is 0 Å². The van der Waals surface area contributed by atoms with E-state index in [0.717, 1.165) is 11.1 Å². The summed E-state index contributed by atoms with van der Waals surface area (Å²) in [5.41, 5.74) is 2.17. The summed E-state index contributed by atoms with van der Waals surface area (Å²) in [5, 5.41) is 19.8. The molecule has 1 atom stereocenters. The fraction of sp³-hybridized carbons (Fsp3) is 0.429. The van der Waals surface area contributed by atoms with Gasteiger partial charge in [0.15, 0.2) is 6.61 Å². The molecule has 6 nitrogen and oxygen atoms in total. The van der Waals surface area contributed by atoms with E-state index in [1.165, 1.54) is 0 Å². The number of aryl methyl sites for hydroxylation is 2. The van der Waals surface area contributed by atoms with Crippen molar-refractivity contribution >= 4 is 11.9 Å². The largest absolute Gasteiger partial charge is 0.484 e. The van der Waals surface area contributed by atoms with E-state index in [-0.39, 0.29) is 19.6 Å². The van der Waals surface area contributed by atoms with Crippen molar-refractivity contribution in [2.75, 3.05) is 13.2 Å².